The van der Waals surface area contributed by atoms with Crippen LogP contribution in [0.1, 0.15) is 18.9 Å². The van der Waals surface area contributed by atoms with Crippen LogP contribution in [0.5, 0.6) is 0 Å². The molecule has 0 bridgehead atoms. The van der Waals surface area contributed by atoms with Gasteiger partial charge >= 0.3 is 0 Å². The van der Waals surface area contributed by atoms with Gasteiger partial charge in [0.25, 0.3) is 0 Å². The van der Waals surface area contributed by atoms with Crippen molar-refractivity contribution < 1.29 is 4.74 Å². The number of nitrogens with zero attached hydrogens (tertiary/aromatic N) is 1. The zero-order chi connectivity index (χ0) is 13.0. The van der Waals surface area contributed by atoms with Gasteiger partial charge in [0, 0.05) is 13.1 Å². The second-order valence-electron chi connectivity index (χ2n) is 4.65. The number of rotatable bonds is 4. The predicted molar refractivity (Wildman–Crippen MR) is 76.5 cm³/mol. The highest BCUT2D eigenvalue weighted by atomic mass is 35.5. The van der Waals surface area contributed by atoms with Gasteiger partial charge in [0.2, 0.25) is 0 Å². The lowest BCUT2D eigenvalue weighted by atomic mass is 10.1. The maximum atomic E-state index is 6.41. The monoisotopic (exact) mass is 268 g/mol. The molecule has 1 heterocycles. The van der Waals surface area contributed by atoms with E-state index in [1.54, 1.807) is 0 Å². The first-order valence-corrected chi connectivity index (χ1v) is 6.91. The molecule has 1 fully saturated rings. The van der Waals surface area contributed by atoms with Crippen molar-refractivity contribution in [2.75, 3.05) is 31.7 Å². The number of halogens is 1. The first kappa shape index (κ1) is 13.7. The molecule has 0 spiro atoms. The van der Waals surface area contributed by atoms with Crippen molar-refractivity contribution in [1.82, 2.24) is 5.32 Å². The van der Waals surface area contributed by atoms with Crippen LogP contribution in [0.25, 0.3) is 0 Å². The van der Waals surface area contributed by atoms with Gasteiger partial charge in [0.15, 0.2) is 0 Å². The van der Waals surface area contributed by atoms with Crippen LogP contribution in [0.4, 0.5) is 5.69 Å². The Balaban J connectivity index is 2.21. The molecule has 1 atom stereocenters. The summed E-state index contributed by atoms with van der Waals surface area (Å²) in [5.41, 5.74) is 2.35. The molecule has 0 aliphatic carbocycles. The zero-order valence-electron chi connectivity index (χ0n) is 11.1. The Morgan fingerprint density at radius 1 is 1.50 bits per heavy atom. The van der Waals surface area contributed by atoms with Crippen LogP contribution in [0.2, 0.25) is 5.02 Å². The molecule has 4 heteroatoms. The third-order valence-electron chi connectivity index (χ3n) is 3.40. The first-order valence-electron chi connectivity index (χ1n) is 6.53. The maximum Gasteiger partial charge on any atom is 0.0670 e. The minimum Gasteiger partial charge on any atom is -0.377 e. The summed E-state index contributed by atoms with van der Waals surface area (Å²) in [4.78, 5) is 2.37. The third kappa shape index (κ3) is 2.97. The van der Waals surface area contributed by atoms with E-state index in [0.29, 0.717) is 6.04 Å². The lowest BCUT2D eigenvalue weighted by molar-refractivity contribution is 0.0930. The lowest BCUT2D eigenvalue weighted by Crippen LogP contribution is -2.45. The summed E-state index contributed by atoms with van der Waals surface area (Å²) in [5, 5.41) is 3.97. The predicted octanol–water partition coefficient (Wildman–Crippen LogP) is 2.67. The van der Waals surface area contributed by atoms with Gasteiger partial charge in [0.05, 0.1) is 30.0 Å². The van der Waals surface area contributed by atoms with Gasteiger partial charge in [-0.3, -0.25) is 0 Å². The van der Waals surface area contributed by atoms with Gasteiger partial charge < -0.3 is 15.0 Å². The molecule has 2 rings (SSSR count). The Bertz CT molecular complexity index is 397. The summed E-state index contributed by atoms with van der Waals surface area (Å²) in [6.45, 7) is 5.54. The summed E-state index contributed by atoms with van der Waals surface area (Å²) < 4.78 is 5.53. The third-order valence-corrected chi connectivity index (χ3v) is 3.70. The van der Waals surface area contributed by atoms with Crippen molar-refractivity contribution in [3.8, 4) is 0 Å². The van der Waals surface area contributed by atoms with Gasteiger partial charge in [-0.25, -0.2) is 0 Å². The molecule has 0 aromatic heterocycles. The fourth-order valence-corrected chi connectivity index (χ4v) is 2.72. The molecule has 1 N–H and O–H groups in total. The Morgan fingerprint density at radius 3 is 3.00 bits per heavy atom. The summed E-state index contributed by atoms with van der Waals surface area (Å²) in [7, 11) is 1.94. The largest absolute Gasteiger partial charge is 0.377 e. The molecule has 1 aliphatic rings. The molecule has 0 saturated carbocycles. The molecule has 18 heavy (non-hydrogen) atoms. The van der Waals surface area contributed by atoms with E-state index in [1.807, 2.05) is 7.05 Å². The SMILES string of the molecule is CCC1COCCN1c1ccc(CNC)cc1Cl. The van der Waals surface area contributed by atoms with Gasteiger partial charge in [-0.15, -0.1) is 0 Å². The van der Waals surface area contributed by atoms with Crippen LogP contribution in [0.3, 0.4) is 0 Å². The fourth-order valence-electron chi connectivity index (χ4n) is 2.41. The van der Waals surface area contributed by atoms with E-state index < -0.39 is 0 Å². The zero-order valence-corrected chi connectivity index (χ0v) is 11.8. The van der Waals surface area contributed by atoms with Crippen LogP contribution in [0.15, 0.2) is 18.2 Å². The summed E-state index contributed by atoms with van der Waals surface area (Å²) in [6, 6.07) is 6.75. The molecular formula is C14H21ClN2O. The highest BCUT2D eigenvalue weighted by molar-refractivity contribution is 6.33. The number of anilines is 1. The van der Waals surface area contributed by atoms with Crippen LogP contribution in [0, 0.1) is 0 Å². The van der Waals surface area contributed by atoms with Crippen LogP contribution in [-0.4, -0.2) is 32.8 Å². The normalized spacial score (nSPS) is 20.2. The number of morpholine rings is 1. The van der Waals surface area contributed by atoms with Crippen molar-refractivity contribution in [1.29, 1.82) is 0 Å². The van der Waals surface area contributed by atoms with Crippen molar-refractivity contribution in [3.05, 3.63) is 28.8 Å². The molecule has 0 amide bonds. The summed E-state index contributed by atoms with van der Waals surface area (Å²) >= 11 is 6.41. The van der Waals surface area contributed by atoms with Gasteiger partial charge in [-0.05, 0) is 31.2 Å². The second kappa shape index (κ2) is 6.41. The molecule has 1 aliphatic heterocycles. The standard InChI is InChI=1S/C14H21ClN2O/c1-3-12-10-18-7-6-17(12)14-5-4-11(9-16-2)8-13(14)15/h4-5,8,12,16H,3,6-7,9-10H2,1-2H3. The molecular weight excluding hydrogens is 248 g/mol. The van der Waals surface area contributed by atoms with Gasteiger partial charge in [-0.2, -0.15) is 0 Å². The number of hydrogen-bond acceptors (Lipinski definition) is 3. The molecule has 3 nitrogen and oxygen atoms in total. The number of hydrogen-bond donors (Lipinski definition) is 1. The Labute approximate surface area is 114 Å². The highest BCUT2D eigenvalue weighted by Crippen LogP contribution is 2.30. The quantitative estimate of drug-likeness (QED) is 0.909. The number of nitrogens with one attached hydrogen (secondary N) is 1. The Morgan fingerprint density at radius 2 is 2.33 bits per heavy atom. The molecule has 1 aromatic rings. The van der Waals surface area contributed by atoms with Gasteiger partial charge in [-0.1, -0.05) is 24.6 Å². The van der Waals surface area contributed by atoms with E-state index in [0.717, 1.165) is 43.4 Å². The summed E-state index contributed by atoms with van der Waals surface area (Å²) in [5.74, 6) is 0. The molecule has 1 aromatic carbocycles. The fraction of sp³-hybridized carbons (Fsp3) is 0.571. The average molecular weight is 269 g/mol. The van der Waals surface area contributed by atoms with E-state index in [2.05, 4.69) is 35.3 Å². The van der Waals surface area contributed by atoms with E-state index in [-0.39, 0.29) is 0 Å². The topological polar surface area (TPSA) is 24.5 Å². The maximum absolute atomic E-state index is 6.41. The second-order valence-corrected chi connectivity index (χ2v) is 5.05. The van der Waals surface area contributed by atoms with E-state index >= 15 is 0 Å². The highest BCUT2D eigenvalue weighted by Gasteiger charge is 2.23. The first-order chi connectivity index (χ1) is 8.76. The van der Waals surface area contributed by atoms with Crippen molar-refractivity contribution in [2.45, 2.75) is 25.9 Å². The summed E-state index contributed by atoms with van der Waals surface area (Å²) in [6.07, 6.45) is 1.08. The molecule has 1 saturated heterocycles. The van der Waals surface area contributed by atoms with Crippen LogP contribution < -0.4 is 10.2 Å². The number of ether oxygens (including phenoxy) is 1. The Kier molecular flexibility index (Phi) is 4.87. The Hall–Kier alpha value is -0.770. The van der Waals surface area contributed by atoms with Crippen LogP contribution >= 0.6 is 11.6 Å². The lowest BCUT2D eigenvalue weighted by Gasteiger charge is -2.37. The van der Waals surface area contributed by atoms with Crippen molar-refractivity contribution in [2.24, 2.45) is 0 Å². The molecule has 100 valence electrons. The molecule has 1 unspecified atom stereocenters. The number of benzene rings is 1. The smallest absolute Gasteiger partial charge is 0.0670 e. The van der Waals surface area contributed by atoms with E-state index in [9.17, 15) is 0 Å². The van der Waals surface area contributed by atoms with E-state index in [4.69, 9.17) is 16.3 Å². The molecule has 0 radical (unpaired) electrons. The van der Waals surface area contributed by atoms with Gasteiger partial charge in [0.1, 0.15) is 0 Å². The van der Waals surface area contributed by atoms with E-state index in [1.165, 1.54) is 5.56 Å². The minimum absolute atomic E-state index is 0.436. The average Bonchev–Trinajstić information content (AvgIpc) is 2.39. The van der Waals surface area contributed by atoms with Crippen molar-refractivity contribution >= 4 is 17.3 Å². The van der Waals surface area contributed by atoms with Crippen LogP contribution in [-0.2, 0) is 11.3 Å². The minimum atomic E-state index is 0.436. The van der Waals surface area contributed by atoms with Crippen molar-refractivity contribution in [3.63, 3.8) is 0 Å².